The first-order valence-corrected chi connectivity index (χ1v) is 8.06. The zero-order valence-corrected chi connectivity index (χ0v) is 12.2. The van der Waals surface area contributed by atoms with Crippen molar-refractivity contribution >= 4 is 0 Å². The Morgan fingerprint density at radius 3 is 2.44 bits per heavy atom. The predicted octanol–water partition coefficient (Wildman–Crippen LogP) is 1.94. The first kappa shape index (κ1) is 14.3. The molecule has 0 amide bonds. The van der Waals surface area contributed by atoms with Gasteiger partial charge in [-0.1, -0.05) is 13.3 Å². The Balaban J connectivity index is 1.62. The molecule has 2 heterocycles. The summed E-state index contributed by atoms with van der Waals surface area (Å²) >= 11 is 0. The quantitative estimate of drug-likeness (QED) is 0.780. The highest BCUT2D eigenvalue weighted by Gasteiger charge is 2.19. The van der Waals surface area contributed by atoms with Gasteiger partial charge in [-0.2, -0.15) is 0 Å². The van der Waals surface area contributed by atoms with Crippen LogP contribution < -0.4 is 5.32 Å². The van der Waals surface area contributed by atoms with E-state index in [-0.39, 0.29) is 0 Å². The molecule has 0 aliphatic carbocycles. The van der Waals surface area contributed by atoms with Crippen LogP contribution in [0.2, 0.25) is 0 Å². The van der Waals surface area contributed by atoms with Gasteiger partial charge in [-0.3, -0.25) is 0 Å². The molecule has 0 aromatic carbocycles. The molecule has 0 bridgehead atoms. The second-order valence-electron chi connectivity index (χ2n) is 6.00. The van der Waals surface area contributed by atoms with Gasteiger partial charge >= 0.3 is 0 Å². The van der Waals surface area contributed by atoms with Gasteiger partial charge in [0.05, 0.1) is 0 Å². The van der Waals surface area contributed by atoms with Crippen LogP contribution in [0.25, 0.3) is 0 Å². The van der Waals surface area contributed by atoms with Crippen molar-refractivity contribution in [2.24, 2.45) is 0 Å². The zero-order chi connectivity index (χ0) is 12.6. The highest BCUT2D eigenvalue weighted by atomic mass is 15.2. The van der Waals surface area contributed by atoms with E-state index in [1.807, 2.05) is 0 Å². The van der Waals surface area contributed by atoms with Crippen molar-refractivity contribution in [3.8, 4) is 0 Å². The van der Waals surface area contributed by atoms with Gasteiger partial charge in [-0.15, -0.1) is 0 Å². The number of piperidine rings is 2. The van der Waals surface area contributed by atoms with Crippen LogP contribution in [0, 0.1) is 0 Å². The maximum absolute atomic E-state index is 3.68. The van der Waals surface area contributed by atoms with Crippen LogP contribution in [0.5, 0.6) is 0 Å². The van der Waals surface area contributed by atoms with Gasteiger partial charge in [0.2, 0.25) is 0 Å². The number of hydrogen-bond donors (Lipinski definition) is 1. The summed E-state index contributed by atoms with van der Waals surface area (Å²) in [5, 5.41) is 3.68. The minimum Gasteiger partial charge on any atom is -0.313 e. The highest BCUT2D eigenvalue weighted by molar-refractivity contribution is 4.79. The molecule has 2 aliphatic heterocycles. The summed E-state index contributed by atoms with van der Waals surface area (Å²) < 4.78 is 0. The molecule has 2 fully saturated rings. The largest absolute Gasteiger partial charge is 0.313 e. The Kier molecular flexibility index (Phi) is 6.46. The van der Waals surface area contributed by atoms with E-state index in [2.05, 4.69) is 22.0 Å². The molecule has 0 saturated carbocycles. The highest BCUT2D eigenvalue weighted by Crippen LogP contribution is 2.12. The fourth-order valence-corrected chi connectivity index (χ4v) is 3.24. The molecule has 1 atom stereocenters. The smallest absolute Gasteiger partial charge is 0.0195 e. The first-order chi connectivity index (χ1) is 8.88. The van der Waals surface area contributed by atoms with Crippen molar-refractivity contribution < 1.29 is 0 Å². The molecule has 0 aromatic heterocycles. The second-order valence-corrected chi connectivity index (χ2v) is 6.00. The third-order valence-electron chi connectivity index (χ3n) is 4.37. The van der Waals surface area contributed by atoms with E-state index in [1.54, 1.807) is 0 Å². The lowest BCUT2D eigenvalue weighted by atomic mass is 10.1. The topological polar surface area (TPSA) is 18.5 Å². The van der Waals surface area contributed by atoms with Gasteiger partial charge in [0, 0.05) is 25.7 Å². The van der Waals surface area contributed by atoms with Gasteiger partial charge in [0.15, 0.2) is 0 Å². The number of likely N-dealkylation sites (tertiary alicyclic amines) is 2. The molecule has 2 aliphatic rings. The first-order valence-electron chi connectivity index (χ1n) is 8.06. The van der Waals surface area contributed by atoms with Crippen LogP contribution in [-0.2, 0) is 0 Å². The van der Waals surface area contributed by atoms with Crippen molar-refractivity contribution in [1.82, 2.24) is 15.1 Å². The molecule has 18 heavy (non-hydrogen) atoms. The van der Waals surface area contributed by atoms with E-state index >= 15 is 0 Å². The zero-order valence-electron chi connectivity index (χ0n) is 12.2. The summed E-state index contributed by atoms with van der Waals surface area (Å²) in [6, 6.07) is 0.750. The van der Waals surface area contributed by atoms with E-state index < -0.39 is 0 Å². The van der Waals surface area contributed by atoms with Crippen molar-refractivity contribution in [3.63, 3.8) is 0 Å². The molecule has 0 radical (unpaired) electrons. The maximum atomic E-state index is 3.68. The molecule has 2 saturated heterocycles. The van der Waals surface area contributed by atoms with Crippen molar-refractivity contribution in [3.05, 3.63) is 0 Å². The molecular weight excluding hydrogens is 222 g/mol. The van der Waals surface area contributed by atoms with Crippen LogP contribution >= 0.6 is 0 Å². The van der Waals surface area contributed by atoms with E-state index in [0.29, 0.717) is 0 Å². The number of rotatable bonds is 6. The second kappa shape index (κ2) is 8.13. The molecule has 0 aromatic rings. The number of hydrogen-bond acceptors (Lipinski definition) is 3. The molecule has 106 valence electrons. The maximum Gasteiger partial charge on any atom is 0.0195 e. The van der Waals surface area contributed by atoms with Crippen LogP contribution in [0.4, 0.5) is 0 Å². The van der Waals surface area contributed by atoms with Crippen molar-refractivity contribution in [1.29, 1.82) is 0 Å². The van der Waals surface area contributed by atoms with Crippen molar-refractivity contribution in [2.45, 2.75) is 51.5 Å². The van der Waals surface area contributed by atoms with Gasteiger partial charge < -0.3 is 15.1 Å². The fraction of sp³-hybridized carbons (Fsp3) is 1.00. The minimum atomic E-state index is 0.750. The summed E-state index contributed by atoms with van der Waals surface area (Å²) in [7, 11) is 0. The average molecular weight is 253 g/mol. The molecule has 2 rings (SSSR count). The Bertz CT molecular complexity index is 214. The summed E-state index contributed by atoms with van der Waals surface area (Å²) in [6.45, 7) is 11.3. The van der Waals surface area contributed by atoms with E-state index in [9.17, 15) is 0 Å². The van der Waals surface area contributed by atoms with E-state index in [1.165, 1.54) is 84.3 Å². The number of nitrogens with zero attached hydrogens (tertiary/aromatic N) is 2. The van der Waals surface area contributed by atoms with Gasteiger partial charge in [-0.25, -0.2) is 0 Å². The van der Waals surface area contributed by atoms with Gasteiger partial charge in [0.1, 0.15) is 0 Å². The summed E-state index contributed by atoms with van der Waals surface area (Å²) in [5.41, 5.74) is 0. The van der Waals surface area contributed by atoms with Crippen LogP contribution in [0.15, 0.2) is 0 Å². The van der Waals surface area contributed by atoms with Gasteiger partial charge in [-0.05, 0) is 58.3 Å². The molecule has 0 spiro atoms. The molecule has 3 nitrogen and oxygen atoms in total. The summed E-state index contributed by atoms with van der Waals surface area (Å²) in [5.74, 6) is 0. The lowest BCUT2D eigenvalue weighted by Gasteiger charge is -2.35. The van der Waals surface area contributed by atoms with Crippen LogP contribution in [0.3, 0.4) is 0 Å². The predicted molar refractivity (Wildman–Crippen MR) is 78.0 cm³/mol. The Labute approximate surface area is 113 Å². The van der Waals surface area contributed by atoms with E-state index in [0.717, 1.165) is 6.04 Å². The third-order valence-corrected chi connectivity index (χ3v) is 4.37. The van der Waals surface area contributed by atoms with E-state index in [4.69, 9.17) is 0 Å². The fourth-order valence-electron chi connectivity index (χ4n) is 3.24. The van der Waals surface area contributed by atoms with Crippen molar-refractivity contribution in [2.75, 3.05) is 45.8 Å². The SMILES string of the molecule is CCCNC1CCCN(CCN2CCCCC2)C1. The summed E-state index contributed by atoms with van der Waals surface area (Å²) in [6.07, 6.45) is 8.29. The van der Waals surface area contributed by atoms with Crippen LogP contribution in [-0.4, -0.2) is 61.7 Å². The average Bonchev–Trinajstić information content (AvgIpc) is 2.44. The third kappa shape index (κ3) is 4.87. The van der Waals surface area contributed by atoms with Gasteiger partial charge in [0.25, 0.3) is 0 Å². The Morgan fingerprint density at radius 1 is 0.944 bits per heavy atom. The molecule has 1 N–H and O–H groups in total. The lowest BCUT2D eigenvalue weighted by molar-refractivity contribution is 0.149. The molecule has 3 heteroatoms. The molecular formula is C15H31N3. The standard InChI is InChI=1S/C15H31N3/c1-2-8-16-15-7-6-11-18(14-15)13-12-17-9-4-3-5-10-17/h15-16H,2-14H2,1H3. The Hall–Kier alpha value is -0.120. The monoisotopic (exact) mass is 253 g/mol. The normalized spacial score (nSPS) is 27.5. The Morgan fingerprint density at radius 2 is 1.67 bits per heavy atom. The lowest BCUT2D eigenvalue weighted by Crippen LogP contribution is -2.48. The number of nitrogens with one attached hydrogen (secondary N) is 1. The molecule has 1 unspecified atom stereocenters. The minimum absolute atomic E-state index is 0.750. The summed E-state index contributed by atoms with van der Waals surface area (Å²) in [4.78, 5) is 5.33. The van der Waals surface area contributed by atoms with Crippen LogP contribution in [0.1, 0.15) is 45.4 Å².